The first-order chi connectivity index (χ1) is 15.8. The summed E-state index contributed by atoms with van der Waals surface area (Å²) in [5, 5.41) is 8.17. The first-order valence-corrected chi connectivity index (χ1v) is 12.7. The van der Waals surface area contributed by atoms with Crippen molar-refractivity contribution in [3.8, 4) is 22.8 Å². The van der Waals surface area contributed by atoms with E-state index in [4.69, 9.17) is 14.6 Å². The van der Waals surface area contributed by atoms with Gasteiger partial charge in [0.25, 0.3) is 0 Å². The molecule has 0 spiro atoms. The van der Waals surface area contributed by atoms with Crippen molar-refractivity contribution in [2.24, 2.45) is 5.14 Å². The van der Waals surface area contributed by atoms with Crippen molar-refractivity contribution in [1.82, 2.24) is 9.55 Å². The van der Waals surface area contributed by atoms with Gasteiger partial charge in [0.05, 0.1) is 22.0 Å². The predicted octanol–water partition coefficient (Wildman–Crippen LogP) is 3.11. The molecule has 33 heavy (non-hydrogen) atoms. The molecule has 1 amide bonds. The number of nitrogens with one attached hydrogen (secondary N) is 1. The number of carbonyl (C=O) groups is 1. The Morgan fingerprint density at radius 1 is 1.18 bits per heavy atom. The molecule has 3 aromatic rings. The summed E-state index contributed by atoms with van der Waals surface area (Å²) in [5.41, 5.74) is 2.35. The maximum Gasteiger partial charge on any atom is 0.238 e. The maximum atomic E-state index is 12.7. The van der Waals surface area contributed by atoms with Gasteiger partial charge in [-0.2, -0.15) is 0 Å². The van der Waals surface area contributed by atoms with E-state index in [1.807, 2.05) is 29.7 Å². The fraction of sp³-hybridized carbons (Fsp3) is 0.273. The normalized spacial score (nSPS) is 14.0. The van der Waals surface area contributed by atoms with Crippen molar-refractivity contribution < 1.29 is 22.7 Å². The lowest BCUT2D eigenvalue weighted by molar-refractivity contribution is -0.115. The highest BCUT2D eigenvalue weighted by molar-refractivity contribution is 8.00. The summed E-state index contributed by atoms with van der Waals surface area (Å²) in [5.74, 6) is 1.21. The summed E-state index contributed by atoms with van der Waals surface area (Å²) in [4.78, 5) is 17.2. The predicted molar refractivity (Wildman–Crippen MR) is 126 cm³/mol. The van der Waals surface area contributed by atoms with E-state index in [2.05, 4.69) is 10.3 Å². The molecule has 0 bridgehead atoms. The summed E-state index contributed by atoms with van der Waals surface area (Å²) >= 11 is 1.34. The van der Waals surface area contributed by atoms with Gasteiger partial charge in [-0.25, -0.2) is 18.5 Å². The van der Waals surface area contributed by atoms with Crippen LogP contribution in [0, 0.1) is 0 Å². The van der Waals surface area contributed by atoms with Crippen LogP contribution < -0.4 is 19.9 Å². The number of carbonyl (C=O) groups excluding carboxylic acids is 1. The van der Waals surface area contributed by atoms with Crippen LogP contribution in [0.5, 0.6) is 11.5 Å². The van der Waals surface area contributed by atoms with E-state index in [1.54, 1.807) is 13.1 Å². The second kappa shape index (κ2) is 9.46. The Balaban J connectivity index is 1.47. The number of sulfonamides is 1. The van der Waals surface area contributed by atoms with Crippen LogP contribution in [0.3, 0.4) is 0 Å². The van der Waals surface area contributed by atoms with Crippen molar-refractivity contribution >= 4 is 33.4 Å². The fourth-order valence-electron chi connectivity index (χ4n) is 3.37. The molecule has 0 saturated heterocycles. The van der Waals surface area contributed by atoms with Gasteiger partial charge in [0, 0.05) is 17.8 Å². The Morgan fingerprint density at radius 3 is 2.55 bits per heavy atom. The molecule has 2 aromatic carbocycles. The van der Waals surface area contributed by atoms with Gasteiger partial charge in [0.1, 0.15) is 13.2 Å². The van der Waals surface area contributed by atoms with Crippen LogP contribution in [-0.4, -0.2) is 42.3 Å². The third-order valence-corrected chi connectivity index (χ3v) is 7.11. The molecule has 0 radical (unpaired) electrons. The molecule has 174 valence electrons. The number of benzene rings is 2. The van der Waals surface area contributed by atoms with Gasteiger partial charge in [0.2, 0.25) is 15.9 Å². The molecule has 0 fully saturated rings. The van der Waals surface area contributed by atoms with Crippen LogP contribution >= 0.6 is 11.8 Å². The highest BCUT2D eigenvalue weighted by Crippen LogP contribution is 2.36. The van der Waals surface area contributed by atoms with Gasteiger partial charge < -0.3 is 19.4 Å². The highest BCUT2D eigenvalue weighted by Gasteiger charge is 2.21. The average Bonchev–Trinajstić information content (AvgIpc) is 3.20. The summed E-state index contributed by atoms with van der Waals surface area (Å²) in [6, 6.07) is 11.5. The first kappa shape index (κ1) is 23.1. The molecule has 1 atom stereocenters. The zero-order valence-electron chi connectivity index (χ0n) is 18.1. The number of hydrogen-bond donors (Lipinski definition) is 2. The second-order valence-electron chi connectivity index (χ2n) is 7.35. The lowest BCUT2D eigenvalue weighted by Gasteiger charge is -2.19. The van der Waals surface area contributed by atoms with Gasteiger partial charge in [-0.15, -0.1) is 0 Å². The molecule has 4 rings (SSSR count). The fourth-order valence-corrected chi connectivity index (χ4v) is 4.84. The lowest BCUT2D eigenvalue weighted by Crippen LogP contribution is -2.23. The number of ether oxygens (including phenoxy) is 2. The lowest BCUT2D eigenvalue weighted by atomic mass is 10.1. The molecule has 1 aromatic heterocycles. The molecule has 0 saturated carbocycles. The monoisotopic (exact) mass is 488 g/mol. The van der Waals surface area contributed by atoms with Crippen LogP contribution in [0.15, 0.2) is 58.7 Å². The highest BCUT2D eigenvalue weighted by atomic mass is 32.2. The number of nitrogens with zero attached hydrogens (tertiary/aromatic N) is 2. The number of rotatable bonds is 7. The van der Waals surface area contributed by atoms with Crippen molar-refractivity contribution in [1.29, 1.82) is 0 Å². The number of imidazole rings is 1. The topological polar surface area (TPSA) is 126 Å². The average molecular weight is 489 g/mol. The van der Waals surface area contributed by atoms with Crippen LogP contribution in [0.4, 0.5) is 5.69 Å². The van der Waals surface area contributed by atoms with Crippen LogP contribution in [-0.2, 0) is 21.4 Å². The molecule has 11 heteroatoms. The van der Waals surface area contributed by atoms with Crippen molar-refractivity contribution in [3.63, 3.8) is 0 Å². The van der Waals surface area contributed by atoms with E-state index in [-0.39, 0.29) is 10.8 Å². The molecule has 1 aliphatic heterocycles. The summed E-state index contributed by atoms with van der Waals surface area (Å²) in [7, 11) is -3.78. The summed E-state index contributed by atoms with van der Waals surface area (Å²) in [6.07, 6.45) is 1.79. The minimum atomic E-state index is -3.78. The minimum absolute atomic E-state index is 0.0143. The molecule has 3 N–H and O–H groups in total. The second-order valence-corrected chi connectivity index (χ2v) is 10.2. The Bertz CT molecular complexity index is 1270. The molecular formula is C22H24N4O5S2. The maximum absolute atomic E-state index is 12.7. The molecular weight excluding hydrogens is 464 g/mol. The number of thioether (sulfide) groups is 1. The SMILES string of the molecule is CCn1c(-c2ccc3c(c2)OCCO3)cnc1SC(C)C(=O)Nc1ccc(S(N)(=O)=O)cc1. The number of primary sulfonamides is 1. The van der Waals surface area contributed by atoms with Gasteiger partial charge in [-0.05, 0) is 56.3 Å². The smallest absolute Gasteiger partial charge is 0.238 e. The van der Waals surface area contributed by atoms with E-state index >= 15 is 0 Å². The largest absolute Gasteiger partial charge is 0.486 e. The van der Waals surface area contributed by atoms with E-state index in [0.29, 0.717) is 31.2 Å². The van der Waals surface area contributed by atoms with Crippen LogP contribution in [0.1, 0.15) is 13.8 Å². The molecule has 1 unspecified atom stereocenters. The van der Waals surface area contributed by atoms with Crippen LogP contribution in [0.25, 0.3) is 11.3 Å². The van der Waals surface area contributed by atoms with Crippen molar-refractivity contribution in [3.05, 3.63) is 48.7 Å². The van der Waals surface area contributed by atoms with E-state index in [0.717, 1.165) is 22.2 Å². The Labute approximate surface area is 196 Å². The van der Waals surface area contributed by atoms with Gasteiger partial charge in [-0.3, -0.25) is 4.79 Å². The summed E-state index contributed by atoms with van der Waals surface area (Å²) in [6.45, 7) is 5.54. The van der Waals surface area contributed by atoms with Crippen molar-refractivity contribution in [2.45, 2.75) is 35.7 Å². The first-order valence-electron chi connectivity index (χ1n) is 10.3. The Kier molecular flexibility index (Phi) is 6.63. The Hall–Kier alpha value is -3.02. The molecule has 2 heterocycles. The number of aromatic nitrogens is 2. The van der Waals surface area contributed by atoms with E-state index in [9.17, 15) is 13.2 Å². The number of amides is 1. The quantitative estimate of drug-likeness (QED) is 0.490. The van der Waals surface area contributed by atoms with Gasteiger partial charge >= 0.3 is 0 Å². The van der Waals surface area contributed by atoms with Crippen molar-refractivity contribution in [2.75, 3.05) is 18.5 Å². The zero-order valence-corrected chi connectivity index (χ0v) is 19.8. The number of hydrogen-bond acceptors (Lipinski definition) is 7. The number of fused-ring (bicyclic) bond motifs is 1. The summed E-state index contributed by atoms with van der Waals surface area (Å²) < 4.78 is 36.1. The minimum Gasteiger partial charge on any atom is -0.486 e. The molecule has 1 aliphatic rings. The molecule has 0 aliphatic carbocycles. The third kappa shape index (κ3) is 5.15. The van der Waals surface area contributed by atoms with Gasteiger partial charge in [0.15, 0.2) is 16.7 Å². The third-order valence-electron chi connectivity index (χ3n) is 5.07. The zero-order chi connectivity index (χ0) is 23.6. The van der Waals surface area contributed by atoms with Gasteiger partial charge in [-0.1, -0.05) is 11.8 Å². The Morgan fingerprint density at radius 2 is 1.88 bits per heavy atom. The van der Waals surface area contributed by atoms with Crippen LogP contribution in [0.2, 0.25) is 0 Å². The number of nitrogens with two attached hydrogens (primary N) is 1. The number of anilines is 1. The van der Waals surface area contributed by atoms with E-state index in [1.165, 1.54) is 36.0 Å². The standard InChI is InChI=1S/C22H24N4O5S2/c1-3-26-18(15-4-9-19-20(12-15)31-11-10-30-19)13-24-22(26)32-14(2)21(27)25-16-5-7-17(8-6-16)33(23,28)29/h4-9,12-14H,3,10-11H2,1-2H3,(H,25,27)(H2,23,28,29). The van der Waals surface area contributed by atoms with E-state index < -0.39 is 15.3 Å². The molecule has 9 nitrogen and oxygen atoms in total.